The molecule has 3 aliphatic rings. The Balaban J connectivity index is 1.41. The van der Waals surface area contributed by atoms with Crippen molar-refractivity contribution in [3.05, 3.63) is 65.9 Å². The van der Waals surface area contributed by atoms with Gasteiger partial charge < -0.3 is 29.4 Å². The molecule has 6 rings (SSSR count). The zero-order valence-electron chi connectivity index (χ0n) is 25.3. The predicted molar refractivity (Wildman–Crippen MR) is 169 cm³/mol. The van der Waals surface area contributed by atoms with E-state index in [2.05, 4.69) is 40.5 Å². The van der Waals surface area contributed by atoms with E-state index in [1.807, 2.05) is 43.0 Å². The Morgan fingerprint density at radius 1 is 1.19 bits per heavy atom. The Kier molecular flexibility index (Phi) is 7.89. The largest absolute Gasteiger partial charge is 0.508 e. The summed E-state index contributed by atoms with van der Waals surface area (Å²) in [7, 11) is 2.11. The molecular formula is C34H40N6O3. The number of hydrogen-bond acceptors (Lipinski definition) is 8. The summed E-state index contributed by atoms with van der Waals surface area (Å²) in [5.41, 5.74) is 4.26. The first kappa shape index (κ1) is 28.8. The van der Waals surface area contributed by atoms with Gasteiger partial charge in [0.25, 0.3) is 0 Å². The van der Waals surface area contributed by atoms with Crippen molar-refractivity contribution in [3.63, 3.8) is 0 Å². The van der Waals surface area contributed by atoms with Crippen LogP contribution in [0.5, 0.6) is 11.6 Å². The molecule has 2 fully saturated rings. The molecule has 1 N–H and O–H groups in total. The first-order chi connectivity index (χ1) is 20.8. The Bertz CT molecular complexity index is 1590. The minimum absolute atomic E-state index is 0.0557. The third kappa shape index (κ3) is 5.36. The number of aromatic nitrogens is 1. The molecule has 1 amide bonds. The van der Waals surface area contributed by atoms with Crippen LogP contribution in [0.15, 0.2) is 49.1 Å². The van der Waals surface area contributed by atoms with Crippen molar-refractivity contribution in [1.82, 2.24) is 14.8 Å². The molecule has 224 valence electrons. The number of piperazine rings is 1. The van der Waals surface area contributed by atoms with Crippen LogP contribution in [0.1, 0.15) is 43.5 Å². The number of ether oxygens (including phenoxy) is 1. The lowest BCUT2D eigenvalue weighted by atomic mass is 9.96. The molecule has 0 spiro atoms. The van der Waals surface area contributed by atoms with Gasteiger partial charge in [0.15, 0.2) is 0 Å². The average Bonchev–Trinajstić information content (AvgIpc) is 3.42. The summed E-state index contributed by atoms with van der Waals surface area (Å²) in [6.07, 6.45) is 4.26. The van der Waals surface area contributed by atoms with E-state index < -0.39 is 0 Å². The fourth-order valence-corrected chi connectivity index (χ4v) is 7.24. The van der Waals surface area contributed by atoms with Crippen molar-refractivity contribution >= 4 is 28.1 Å². The van der Waals surface area contributed by atoms with Gasteiger partial charge in [0, 0.05) is 60.5 Å². The maximum Gasteiger partial charge on any atom is 0.246 e. The third-order valence-electron chi connectivity index (χ3n) is 9.32. The molecule has 2 aromatic carbocycles. The van der Waals surface area contributed by atoms with Crippen molar-refractivity contribution < 1.29 is 14.6 Å². The maximum atomic E-state index is 12.6. The van der Waals surface area contributed by atoms with Crippen LogP contribution in [0.3, 0.4) is 0 Å². The molecule has 3 aromatic rings. The van der Waals surface area contributed by atoms with E-state index in [1.165, 1.54) is 6.08 Å². The Labute approximate surface area is 253 Å². The molecule has 3 atom stereocenters. The second-order valence-electron chi connectivity index (χ2n) is 12.2. The highest BCUT2D eigenvalue weighted by Crippen LogP contribution is 2.40. The monoisotopic (exact) mass is 580 g/mol. The van der Waals surface area contributed by atoms with Crippen LogP contribution < -0.4 is 14.5 Å². The Morgan fingerprint density at radius 2 is 1.95 bits per heavy atom. The van der Waals surface area contributed by atoms with Crippen LogP contribution in [-0.4, -0.2) is 83.8 Å². The normalized spacial score (nSPS) is 22.4. The second-order valence-corrected chi connectivity index (χ2v) is 12.2. The number of phenols is 1. The quantitative estimate of drug-likeness (QED) is 0.427. The van der Waals surface area contributed by atoms with E-state index in [0.29, 0.717) is 50.7 Å². The zero-order chi connectivity index (χ0) is 30.2. The highest BCUT2D eigenvalue weighted by molar-refractivity contribution is 5.96. The number of carbonyl (C=O) groups excluding carboxylic acids is 1. The molecule has 2 saturated heterocycles. The van der Waals surface area contributed by atoms with Gasteiger partial charge in [0.1, 0.15) is 24.0 Å². The number of likely N-dealkylation sites (tertiary alicyclic amines) is 1. The van der Waals surface area contributed by atoms with Gasteiger partial charge in [-0.2, -0.15) is 5.26 Å². The smallest absolute Gasteiger partial charge is 0.246 e. The fourth-order valence-electron chi connectivity index (χ4n) is 7.24. The number of nitriles is 1. The second kappa shape index (κ2) is 11.8. The summed E-state index contributed by atoms with van der Waals surface area (Å²) in [4.78, 5) is 26.4. The van der Waals surface area contributed by atoms with Crippen molar-refractivity contribution in [2.24, 2.45) is 0 Å². The topological polar surface area (TPSA) is 96.2 Å². The number of benzene rings is 2. The number of carbonyl (C=O) groups is 1. The summed E-state index contributed by atoms with van der Waals surface area (Å²) < 4.78 is 6.40. The molecule has 0 bridgehead atoms. The van der Waals surface area contributed by atoms with Gasteiger partial charge in [-0.3, -0.25) is 4.79 Å². The van der Waals surface area contributed by atoms with Gasteiger partial charge in [-0.1, -0.05) is 30.8 Å². The van der Waals surface area contributed by atoms with Crippen LogP contribution in [0, 0.1) is 11.3 Å². The Morgan fingerprint density at radius 3 is 2.65 bits per heavy atom. The molecule has 43 heavy (non-hydrogen) atoms. The maximum absolute atomic E-state index is 12.6. The number of hydrogen-bond donors (Lipinski definition) is 1. The molecule has 1 unspecified atom stereocenters. The predicted octanol–water partition coefficient (Wildman–Crippen LogP) is 4.46. The van der Waals surface area contributed by atoms with E-state index >= 15 is 0 Å². The van der Waals surface area contributed by atoms with Crippen LogP contribution in [-0.2, 0) is 17.8 Å². The van der Waals surface area contributed by atoms with Crippen molar-refractivity contribution in [1.29, 1.82) is 5.26 Å². The van der Waals surface area contributed by atoms with Crippen molar-refractivity contribution in [3.8, 4) is 17.7 Å². The lowest BCUT2D eigenvalue weighted by Crippen LogP contribution is -2.58. The average molecular weight is 581 g/mol. The SMILES string of the molecule is C=CC(=O)N1[C@H](C)CN(c2c(C#N)c(OCC3CCCN3C)nc3c2CCN(c2cc(O)cc4ccccc24)C3)C[C@@H]1C. The first-order valence-corrected chi connectivity index (χ1v) is 15.2. The molecular weight excluding hydrogens is 540 g/mol. The van der Waals surface area contributed by atoms with Crippen LogP contribution in [0.4, 0.5) is 11.4 Å². The minimum atomic E-state index is -0.0735. The fraction of sp³-hybridized carbons (Fsp3) is 0.441. The van der Waals surface area contributed by atoms with Crippen molar-refractivity contribution in [2.75, 3.05) is 49.6 Å². The van der Waals surface area contributed by atoms with E-state index in [9.17, 15) is 15.2 Å². The lowest BCUT2D eigenvalue weighted by Gasteiger charge is -2.46. The van der Waals surface area contributed by atoms with E-state index in [1.54, 1.807) is 6.07 Å². The highest BCUT2D eigenvalue weighted by atomic mass is 16.5. The molecule has 0 aliphatic carbocycles. The van der Waals surface area contributed by atoms with E-state index in [4.69, 9.17) is 9.72 Å². The molecule has 4 heterocycles. The highest BCUT2D eigenvalue weighted by Gasteiger charge is 2.36. The summed E-state index contributed by atoms with van der Waals surface area (Å²) in [5.74, 6) is 0.535. The number of nitrogens with zero attached hydrogens (tertiary/aromatic N) is 6. The standard InChI is InChI=1S/C34H40N6O3/c1-5-32(42)40-22(2)18-39(19-23(40)3)33-28-12-14-38(31-16-26(41)15-24-9-6-7-11-27(24)31)20-30(28)36-34(29(33)17-35)43-21-25-10-8-13-37(25)4/h5-7,9,11,15-16,22-23,25,41H,1,8,10,12-14,18-21H2,2-4H3/t22-,23+,25?. The number of likely N-dealkylation sites (N-methyl/N-ethyl adjacent to an activating group) is 1. The van der Waals surface area contributed by atoms with Gasteiger partial charge in [0.05, 0.1) is 17.9 Å². The van der Waals surface area contributed by atoms with E-state index in [-0.39, 0.29) is 29.8 Å². The molecule has 0 radical (unpaired) electrons. The number of pyridine rings is 1. The summed E-state index contributed by atoms with van der Waals surface area (Å²) in [6, 6.07) is 14.3. The van der Waals surface area contributed by atoms with Crippen molar-refractivity contribution in [2.45, 2.75) is 57.8 Å². The minimum Gasteiger partial charge on any atom is -0.508 e. The summed E-state index contributed by atoms with van der Waals surface area (Å²) >= 11 is 0. The summed E-state index contributed by atoms with van der Waals surface area (Å²) in [6.45, 7) is 11.7. The molecule has 9 heteroatoms. The number of aromatic hydroxyl groups is 1. The third-order valence-corrected chi connectivity index (χ3v) is 9.32. The van der Waals surface area contributed by atoms with Gasteiger partial charge >= 0.3 is 0 Å². The molecule has 0 saturated carbocycles. The van der Waals surface area contributed by atoms with Gasteiger partial charge in [-0.25, -0.2) is 4.98 Å². The van der Waals surface area contributed by atoms with Gasteiger partial charge in [-0.15, -0.1) is 0 Å². The number of amides is 1. The number of fused-ring (bicyclic) bond motifs is 2. The molecule has 1 aromatic heterocycles. The lowest BCUT2D eigenvalue weighted by molar-refractivity contribution is -0.130. The Hall–Kier alpha value is -4.29. The van der Waals surface area contributed by atoms with Gasteiger partial charge in [0.2, 0.25) is 11.8 Å². The summed E-state index contributed by atoms with van der Waals surface area (Å²) in [5, 5.41) is 23.1. The first-order valence-electron chi connectivity index (χ1n) is 15.2. The molecule has 3 aliphatic heterocycles. The van der Waals surface area contributed by atoms with Gasteiger partial charge in [-0.05, 0) is 64.2 Å². The number of rotatable bonds is 6. The van der Waals surface area contributed by atoms with E-state index in [0.717, 1.165) is 52.8 Å². The van der Waals surface area contributed by atoms with Crippen LogP contribution in [0.2, 0.25) is 0 Å². The van der Waals surface area contributed by atoms with Crippen LogP contribution >= 0.6 is 0 Å². The zero-order valence-corrected chi connectivity index (χ0v) is 25.3. The number of anilines is 2. The number of phenolic OH excluding ortho intramolecular Hbond substituents is 1. The molecule has 9 nitrogen and oxygen atoms in total. The van der Waals surface area contributed by atoms with Crippen LogP contribution in [0.25, 0.3) is 10.8 Å².